The zero-order chi connectivity index (χ0) is 18.1. The number of methoxy groups -OCH3 is 1. The van der Waals surface area contributed by atoms with Crippen molar-refractivity contribution in [2.45, 2.75) is 32.4 Å². The smallest absolute Gasteiger partial charge is 0.122 e. The van der Waals surface area contributed by atoms with E-state index in [1.165, 1.54) is 27.9 Å². The van der Waals surface area contributed by atoms with E-state index in [1.54, 1.807) is 7.11 Å². The van der Waals surface area contributed by atoms with Gasteiger partial charge in [0, 0.05) is 24.8 Å². The Morgan fingerprint density at radius 3 is 2.54 bits per heavy atom. The third-order valence-electron chi connectivity index (χ3n) is 5.55. The summed E-state index contributed by atoms with van der Waals surface area (Å²) >= 11 is 0. The van der Waals surface area contributed by atoms with Gasteiger partial charge in [0.2, 0.25) is 0 Å². The highest BCUT2D eigenvalue weighted by Crippen LogP contribution is 2.35. The second kappa shape index (κ2) is 7.29. The molecular formula is C22H28N2O2. The number of hydrogen-bond acceptors (Lipinski definition) is 4. The highest BCUT2D eigenvalue weighted by atomic mass is 16.5. The molecule has 4 nitrogen and oxygen atoms in total. The van der Waals surface area contributed by atoms with Crippen molar-refractivity contribution in [2.24, 2.45) is 0 Å². The molecule has 0 saturated carbocycles. The summed E-state index contributed by atoms with van der Waals surface area (Å²) in [6.07, 6.45) is 1.06. The van der Waals surface area contributed by atoms with E-state index in [0.29, 0.717) is 6.04 Å². The second-order valence-corrected chi connectivity index (χ2v) is 7.42. The van der Waals surface area contributed by atoms with Crippen molar-refractivity contribution in [3.8, 4) is 5.75 Å². The number of morpholine rings is 1. The molecule has 26 heavy (non-hydrogen) atoms. The lowest BCUT2D eigenvalue weighted by Crippen LogP contribution is -2.38. The van der Waals surface area contributed by atoms with E-state index in [0.717, 1.165) is 38.5 Å². The summed E-state index contributed by atoms with van der Waals surface area (Å²) in [5, 5.41) is 3.77. The molecule has 2 aromatic rings. The van der Waals surface area contributed by atoms with Crippen molar-refractivity contribution in [1.82, 2.24) is 5.32 Å². The molecule has 2 aliphatic heterocycles. The number of rotatable bonds is 3. The predicted molar refractivity (Wildman–Crippen MR) is 105 cm³/mol. The number of hydrogen-bond donors (Lipinski definition) is 1. The van der Waals surface area contributed by atoms with Crippen molar-refractivity contribution in [1.29, 1.82) is 0 Å². The Balaban J connectivity index is 1.65. The van der Waals surface area contributed by atoms with Crippen molar-refractivity contribution < 1.29 is 9.47 Å². The van der Waals surface area contributed by atoms with Crippen LogP contribution in [0, 0.1) is 6.92 Å². The van der Waals surface area contributed by atoms with E-state index in [1.807, 2.05) is 0 Å². The maximum absolute atomic E-state index is 5.57. The fourth-order valence-corrected chi connectivity index (χ4v) is 4.17. The second-order valence-electron chi connectivity index (χ2n) is 7.42. The van der Waals surface area contributed by atoms with Crippen LogP contribution in [-0.2, 0) is 11.2 Å². The number of nitrogens with one attached hydrogen (secondary N) is 1. The summed E-state index contributed by atoms with van der Waals surface area (Å²) in [6.45, 7) is 7.95. The number of benzene rings is 2. The molecule has 2 aromatic carbocycles. The van der Waals surface area contributed by atoms with E-state index < -0.39 is 0 Å². The Morgan fingerprint density at radius 1 is 1.12 bits per heavy atom. The SMILES string of the molecule is COc1cc2c(cc1C)C[C@H](C)N[C@H]2c1ccc(N2CCOCC2)cc1. The molecule has 0 unspecified atom stereocenters. The predicted octanol–water partition coefficient (Wildman–Crippen LogP) is 3.46. The van der Waals surface area contributed by atoms with E-state index in [4.69, 9.17) is 9.47 Å². The number of anilines is 1. The van der Waals surface area contributed by atoms with Gasteiger partial charge >= 0.3 is 0 Å². The van der Waals surface area contributed by atoms with Gasteiger partial charge in [0.25, 0.3) is 0 Å². The topological polar surface area (TPSA) is 33.7 Å². The summed E-state index contributed by atoms with van der Waals surface area (Å²) in [6, 6.07) is 14.2. The quantitative estimate of drug-likeness (QED) is 0.917. The molecule has 2 atom stereocenters. The third kappa shape index (κ3) is 3.31. The van der Waals surface area contributed by atoms with Crippen LogP contribution in [0.15, 0.2) is 36.4 Å². The highest BCUT2D eigenvalue weighted by molar-refractivity contribution is 5.52. The summed E-state index contributed by atoms with van der Waals surface area (Å²) in [7, 11) is 1.75. The van der Waals surface area contributed by atoms with Crippen LogP contribution in [0.2, 0.25) is 0 Å². The maximum atomic E-state index is 5.57. The largest absolute Gasteiger partial charge is 0.496 e. The van der Waals surface area contributed by atoms with Crippen molar-refractivity contribution in [3.05, 3.63) is 58.7 Å². The molecule has 2 aliphatic rings. The van der Waals surface area contributed by atoms with E-state index in [2.05, 4.69) is 60.5 Å². The van der Waals surface area contributed by atoms with Crippen molar-refractivity contribution >= 4 is 5.69 Å². The first-order chi connectivity index (χ1) is 12.7. The van der Waals surface area contributed by atoms with Gasteiger partial charge in [-0.05, 0) is 60.7 Å². The molecule has 0 aliphatic carbocycles. The van der Waals surface area contributed by atoms with Crippen LogP contribution in [-0.4, -0.2) is 39.5 Å². The van der Waals surface area contributed by atoms with Crippen LogP contribution in [0.5, 0.6) is 5.75 Å². The molecule has 138 valence electrons. The molecule has 0 radical (unpaired) electrons. The maximum Gasteiger partial charge on any atom is 0.122 e. The first-order valence-corrected chi connectivity index (χ1v) is 9.52. The zero-order valence-corrected chi connectivity index (χ0v) is 15.9. The minimum Gasteiger partial charge on any atom is -0.496 e. The highest BCUT2D eigenvalue weighted by Gasteiger charge is 2.26. The monoisotopic (exact) mass is 352 g/mol. The molecular weight excluding hydrogens is 324 g/mol. The Labute approximate surface area is 156 Å². The van der Waals surface area contributed by atoms with E-state index in [-0.39, 0.29) is 6.04 Å². The summed E-state index contributed by atoms with van der Waals surface area (Å²) in [5.74, 6) is 0.968. The molecule has 0 bridgehead atoms. The van der Waals surface area contributed by atoms with Crippen LogP contribution >= 0.6 is 0 Å². The molecule has 4 rings (SSSR count). The Hall–Kier alpha value is -2.04. The van der Waals surface area contributed by atoms with Gasteiger partial charge in [0.1, 0.15) is 5.75 Å². The van der Waals surface area contributed by atoms with E-state index >= 15 is 0 Å². The lowest BCUT2D eigenvalue weighted by Gasteiger charge is -2.33. The molecule has 2 heterocycles. The number of nitrogens with zero attached hydrogens (tertiary/aromatic N) is 1. The number of fused-ring (bicyclic) bond motifs is 1. The zero-order valence-electron chi connectivity index (χ0n) is 15.9. The average Bonchev–Trinajstić information content (AvgIpc) is 2.67. The molecule has 1 fully saturated rings. The van der Waals surface area contributed by atoms with Crippen LogP contribution in [0.1, 0.15) is 35.2 Å². The van der Waals surface area contributed by atoms with Gasteiger partial charge < -0.3 is 19.7 Å². The molecule has 1 N–H and O–H groups in total. The Bertz CT molecular complexity index is 766. The van der Waals surface area contributed by atoms with Crippen LogP contribution in [0.25, 0.3) is 0 Å². The van der Waals surface area contributed by atoms with Crippen molar-refractivity contribution in [2.75, 3.05) is 38.3 Å². The van der Waals surface area contributed by atoms with Gasteiger partial charge in [-0.1, -0.05) is 18.2 Å². The summed E-state index contributed by atoms with van der Waals surface area (Å²) < 4.78 is 11.0. The third-order valence-corrected chi connectivity index (χ3v) is 5.55. The summed E-state index contributed by atoms with van der Waals surface area (Å²) in [4.78, 5) is 2.39. The van der Waals surface area contributed by atoms with Crippen LogP contribution in [0.3, 0.4) is 0 Å². The Kier molecular flexibility index (Phi) is 4.88. The van der Waals surface area contributed by atoms with Crippen molar-refractivity contribution in [3.63, 3.8) is 0 Å². The van der Waals surface area contributed by atoms with Gasteiger partial charge in [-0.3, -0.25) is 0 Å². The van der Waals surface area contributed by atoms with Gasteiger partial charge in [0.05, 0.1) is 26.4 Å². The first kappa shape index (κ1) is 17.4. The van der Waals surface area contributed by atoms with Gasteiger partial charge in [-0.25, -0.2) is 0 Å². The molecule has 0 spiro atoms. The minimum atomic E-state index is 0.210. The van der Waals surface area contributed by atoms with Gasteiger partial charge in [-0.2, -0.15) is 0 Å². The molecule has 4 heteroatoms. The molecule has 0 amide bonds. The fraction of sp³-hybridized carbons (Fsp3) is 0.455. The lowest BCUT2D eigenvalue weighted by molar-refractivity contribution is 0.122. The minimum absolute atomic E-state index is 0.210. The first-order valence-electron chi connectivity index (χ1n) is 9.52. The van der Waals surface area contributed by atoms with Crippen LogP contribution < -0.4 is 15.0 Å². The molecule has 1 saturated heterocycles. The fourth-order valence-electron chi connectivity index (χ4n) is 4.17. The average molecular weight is 352 g/mol. The lowest BCUT2D eigenvalue weighted by atomic mass is 9.86. The standard InChI is InChI=1S/C22H28N2O2/c1-15-12-18-13-16(2)23-22(20(18)14-21(15)25-3)17-4-6-19(7-5-17)24-8-10-26-11-9-24/h4-7,12,14,16,22-23H,8-11,13H2,1-3H3/t16-,22-/m0/s1. The van der Waals surface area contributed by atoms with Gasteiger partial charge in [-0.15, -0.1) is 0 Å². The Morgan fingerprint density at radius 2 is 1.85 bits per heavy atom. The van der Waals surface area contributed by atoms with Gasteiger partial charge in [0.15, 0.2) is 0 Å². The van der Waals surface area contributed by atoms with Crippen LogP contribution in [0.4, 0.5) is 5.69 Å². The molecule has 0 aromatic heterocycles. The van der Waals surface area contributed by atoms with E-state index in [9.17, 15) is 0 Å². The normalized spacial score (nSPS) is 22.8. The summed E-state index contributed by atoms with van der Waals surface area (Å²) in [5.41, 5.74) is 6.56. The number of ether oxygens (including phenoxy) is 2. The number of aryl methyl sites for hydroxylation is 1.